The molecule has 0 aromatic carbocycles. The topological polar surface area (TPSA) is 54.9 Å². The normalized spacial score (nSPS) is 10.1. The van der Waals surface area contributed by atoms with E-state index in [1.807, 2.05) is 6.92 Å². The highest BCUT2D eigenvalue weighted by Crippen LogP contribution is 2.13. The Morgan fingerprint density at radius 1 is 1.33 bits per heavy atom. The van der Waals surface area contributed by atoms with E-state index in [9.17, 15) is 4.79 Å². The zero-order valence-electron chi connectivity index (χ0n) is 9.85. The highest BCUT2D eigenvalue weighted by Gasteiger charge is 2.09. The number of carbonyl (C=O) groups excluding carboxylic acids is 1. The van der Waals surface area contributed by atoms with Crippen molar-refractivity contribution in [2.75, 3.05) is 5.32 Å². The third-order valence-corrected chi connectivity index (χ3v) is 2.60. The van der Waals surface area contributed by atoms with Crippen LogP contribution in [-0.4, -0.2) is 15.9 Å². The van der Waals surface area contributed by atoms with Crippen LogP contribution >= 0.6 is 11.6 Å². The van der Waals surface area contributed by atoms with E-state index in [2.05, 4.69) is 15.3 Å². The van der Waals surface area contributed by atoms with Gasteiger partial charge >= 0.3 is 0 Å². The fourth-order valence-electron chi connectivity index (χ4n) is 1.50. The Kier molecular flexibility index (Phi) is 3.89. The van der Waals surface area contributed by atoms with Crippen molar-refractivity contribution in [3.05, 3.63) is 53.1 Å². The number of aryl methyl sites for hydroxylation is 1. The van der Waals surface area contributed by atoms with E-state index in [1.165, 1.54) is 0 Å². The Bertz CT molecular complexity index is 557. The first-order valence-electron chi connectivity index (χ1n) is 5.57. The maximum absolute atomic E-state index is 12.0. The zero-order valence-corrected chi connectivity index (χ0v) is 10.6. The molecule has 0 saturated heterocycles. The van der Waals surface area contributed by atoms with Crippen molar-refractivity contribution in [3.8, 4) is 0 Å². The number of rotatable bonds is 3. The molecule has 0 unspecified atom stereocenters. The van der Waals surface area contributed by atoms with Gasteiger partial charge in [0.15, 0.2) is 0 Å². The lowest BCUT2D eigenvalue weighted by Crippen LogP contribution is -2.12. The van der Waals surface area contributed by atoms with Gasteiger partial charge in [-0.1, -0.05) is 18.5 Å². The third-order valence-electron chi connectivity index (χ3n) is 2.41. The summed E-state index contributed by atoms with van der Waals surface area (Å²) < 4.78 is 0. The molecule has 5 heteroatoms. The number of carbonyl (C=O) groups is 1. The van der Waals surface area contributed by atoms with Crippen LogP contribution in [-0.2, 0) is 6.42 Å². The van der Waals surface area contributed by atoms with Gasteiger partial charge in [-0.2, -0.15) is 0 Å². The SMILES string of the molecule is CCc1cc(C(=O)Nc2ccncc2)cc(Cl)n1. The van der Waals surface area contributed by atoms with Gasteiger partial charge in [0.05, 0.1) is 0 Å². The van der Waals surface area contributed by atoms with Gasteiger partial charge in [-0.15, -0.1) is 0 Å². The van der Waals surface area contributed by atoms with E-state index in [0.717, 1.165) is 12.1 Å². The summed E-state index contributed by atoms with van der Waals surface area (Å²) in [4.78, 5) is 20.0. The van der Waals surface area contributed by atoms with E-state index < -0.39 is 0 Å². The summed E-state index contributed by atoms with van der Waals surface area (Å²) >= 11 is 5.87. The summed E-state index contributed by atoms with van der Waals surface area (Å²) in [5.74, 6) is -0.208. The molecule has 0 bridgehead atoms. The van der Waals surface area contributed by atoms with Crippen LogP contribution in [0.15, 0.2) is 36.7 Å². The molecule has 0 fully saturated rings. The molecule has 0 atom stereocenters. The molecule has 2 aromatic rings. The van der Waals surface area contributed by atoms with Crippen LogP contribution in [0.25, 0.3) is 0 Å². The van der Waals surface area contributed by atoms with Crippen molar-refractivity contribution >= 4 is 23.2 Å². The number of aromatic nitrogens is 2. The minimum atomic E-state index is -0.208. The molecule has 0 radical (unpaired) electrons. The largest absolute Gasteiger partial charge is 0.322 e. The first kappa shape index (κ1) is 12.5. The lowest BCUT2D eigenvalue weighted by Gasteiger charge is -2.06. The minimum absolute atomic E-state index is 0.208. The molecular formula is C13H12ClN3O. The third kappa shape index (κ3) is 3.05. The van der Waals surface area contributed by atoms with Crippen LogP contribution in [0.2, 0.25) is 5.15 Å². The van der Waals surface area contributed by atoms with Crippen molar-refractivity contribution in [2.24, 2.45) is 0 Å². The smallest absolute Gasteiger partial charge is 0.255 e. The fraction of sp³-hybridized carbons (Fsp3) is 0.154. The lowest BCUT2D eigenvalue weighted by molar-refractivity contribution is 0.102. The van der Waals surface area contributed by atoms with Crippen molar-refractivity contribution < 1.29 is 4.79 Å². The predicted octanol–water partition coefficient (Wildman–Crippen LogP) is 2.94. The van der Waals surface area contributed by atoms with Gasteiger partial charge < -0.3 is 5.32 Å². The van der Waals surface area contributed by atoms with Gasteiger partial charge in [-0.3, -0.25) is 9.78 Å². The Hall–Kier alpha value is -1.94. The molecule has 0 aliphatic carbocycles. The van der Waals surface area contributed by atoms with Crippen LogP contribution in [0, 0.1) is 0 Å². The molecule has 18 heavy (non-hydrogen) atoms. The maximum Gasteiger partial charge on any atom is 0.255 e. The molecule has 0 saturated carbocycles. The highest BCUT2D eigenvalue weighted by molar-refractivity contribution is 6.29. The van der Waals surface area contributed by atoms with Gasteiger partial charge in [0.2, 0.25) is 0 Å². The van der Waals surface area contributed by atoms with Crippen molar-refractivity contribution in [1.29, 1.82) is 0 Å². The van der Waals surface area contributed by atoms with Crippen LogP contribution in [0.5, 0.6) is 0 Å². The van der Waals surface area contributed by atoms with Gasteiger partial charge in [0.1, 0.15) is 5.15 Å². The van der Waals surface area contributed by atoms with E-state index in [0.29, 0.717) is 16.4 Å². The molecule has 1 N–H and O–H groups in total. The van der Waals surface area contributed by atoms with E-state index in [-0.39, 0.29) is 5.91 Å². The number of halogens is 1. The molecular weight excluding hydrogens is 250 g/mol. The fourth-order valence-corrected chi connectivity index (χ4v) is 1.73. The molecule has 4 nitrogen and oxygen atoms in total. The second-order valence-electron chi connectivity index (χ2n) is 3.71. The zero-order chi connectivity index (χ0) is 13.0. The minimum Gasteiger partial charge on any atom is -0.322 e. The van der Waals surface area contributed by atoms with Crippen molar-refractivity contribution in [3.63, 3.8) is 0 Å². The van der Waals surface area contributed by atoms with Gasteiger partial charge in [-0.05, 0) is 30.7 Å². The Balaban J connectivity index is 2.21. The van der Waals surface area contributed by atoms with Gasteiger partial charge in [-0.25, -0.2) is 4.98 Å². The second kappa shape index (κ2) is 5.60. The molecule has 2 aromatic heterocycles. The first-order valence-corrected chi connectivity index (χ1v) is 5.94. The summed E-state index contributed by atoms with van der Waals surface area (Å²) in [5, 5.41) is 3.10. The number of nitrogens with zero attached hydrogens (tertiary/aromatic N) is 2. The number of hydrogen-bond donors (Lipinski definition) is 1. The Morgan fingerprint density at radius 2 is 2.06 bits per heavy atom. The molecule has 2 heterocycles. The molecule has 0 aliphatic rings. The number of nitrogens with one attached hydrogen (secondary N) is 1. The average Bonchev–Trinajstić information content (AvgIpc) is 2.39. The van der Waals surface area contributed by atoms with E-state index in [1.54, 1.807) is 36.7 Å². The summed E-state index contributed by atoms with van der Waals surface area (Å²) in [5.41, 5.74) is 1.99. The van der Waals surface area contributed by atoms with E-state index in [4.69, 9.17) is 11.6 Å². The maximum atomic E-state index is 12.0. The molecule has 2 rings (SSSR count). The van der Waals surface area contributed by atoms with Crippen LogP contribution in [0.1, 0.15) is 23.0 Å². The van der Waals surface area contributed by atoms with Crippen LogP contribution < -0.4 is 5.32 Å². The van der Waals surface area contributed by atoms with Gasteiger partial charge in [0, 0.05) is 29.3 Å². The molecule has 0 aliphatic heterocycles. The monoisotopic (exact) mass is 261 g/mol. The van der Waals surface area contributed by atoms with Crippen LogP contribution in [0.4, 0.5) is 5.69 Å². The lowest BCUT2D eigenvalue weighted by atomic mass is 10.2. The van der Waals surface area contributed by atoms with Crippen LogP contribution in [0.3, 0.4) is 0 Å². The molecule has 0 spiro atoms. The molecule has 92 valence electrons. The summed E-state index contributed by atoms with van der Waals surface area (Å²) in [6, 6.07) is 6.74. The highest BCUT2D eigenvalue weighted by atomic mass is 35.5. The second-order valence-corrected chi connectivity index (χ2v) is 4.10. The number of anilines is 1. The number of hydrogen-bond acceptors (Lipinski definition) is 3. The predicted molar refractivity (Wildman–Crippen MR) is 70.8 cm³/mol. The Labute approximate surface area is 110 Å². The van der Waals surface area contributed by atoms with Gasteiger partial charge in [0.25, 0.3) is 5.91 Å². The standard InChI is InChI=1S/C13H12ClN3O/c1-2-10-7-9(8-12(14)16-10)13(18)17-11-3-5-15-6-4-11/h3-8H,2H2,1H3,(H,15,17,18). The van der Waals surface area contributed by atoms with E-state index >= 15 is 0 Å². The molecule has 1 amide bonds. The first-order chi connectivity index (χ1) is 8.69. The average molecular weight is 262 g/mol. The Morgan fingerprint density at radius 3 is 2.72 bits per heavy atom. The number of pyridine rings is 2. The van der Waals surface area contributed by atoms with Crippen molar-refractivity contribution in [1.82, 2.24) is 9.97 Å². The quantitative estimate of drug-likeness (QED) is 0.865. The number of amides is 1. The summed E-state index contributed by atoms with van der Waals surface area (Å²) in [6.07, 6.45) is 3.97. The summed E-state index contributed by atoms with van der Waals surface area (Å²) in [7, 11) is 0. The van der Waals surface area contributed by atoms with Crippen molar-refractivity contribution in [2.45, 2.75) is 13.3 Å². The summed E-state index contributed by atoms with van der Waals surface area (Å²) in [6.45, 7) is 1.96.